The van der Waals surface area contributed by atoms with E-state index in [-0.39, 0.29) is 6.10 Å². The van der Waals surface area contributed by atoms with Crippen LogP contribution in [0.3, 0.4) is 0 Å². The van der Waals surface area contributed by atoms with Crippen molar-refractivity contribution >= 4 is 0 Å². The molecule has 0 aliphatic carbocycles. The average Bonchev–Trinajstić information content (AvgIpc) is 2.70. The Morgan fingerprint density at radius 2 is 2.50 bits per heavy atom. The molecule has 2 aliphatic rings. The number of likely N-dealkylation sites (N-methyl/N-ethyl adjacent to an activating group) is 1. The standard InChI is InChI=1S/C12H17NO/c1-13-8-6-11(7-9-13)4-5-12-3-2-10-14-12/h2,4-6,10,12H,3,7-9H2,1H3/b5-4+. The summed E-state index contributed by atoms with van der Waals surface area (Å²) in [5, 5.41) is 0. The third kappa shape index (κ3) is 2.48. The molecule has 2 aliphatic heterocycles. The van der Waals surface area contributed by atoms with Crippen LogP contribution in [0.4, 0.5) is 0 Å². The van der Waals surface area contributed by atoms with Gasteiger partial charge >= 0.3 is 0 Å². The largest absolute Gasteiger partial charge is 0.494 e. The van der Waals surface area contributed by atoms with Gasteiger partial charge in [-0.1, -0.05) is 12.2 Å². The first-order valence-electron chi connectivity index (χ1n) is 5.21. The molecule has 76 valence electrons. The Hall–Kier alpha value is -1.02. The molecule has 14 heavy (non-hydrogen) atoms. The Kier molecular flexibility index (Phi) is 3.04. The van der Waals surface area contributed by atoms with Crippen LogP contribution >= 0.6 is 0 Å². The summed E-state index contributed by atoms with van der Waals surface area (Å²) < 4.78 is 5.36. The molecule has 2 heterocycles. The molecule has 0 saturated heterocycles. The number of rotatable bonds is 2. The van der Waals surface area contributed by atoms with Crippen molar-refractivity contribution < 1.29 is 4.74 Å². The van der Waals surface area contributed by atoms with Crippen LogP contribution in [0.2, 0.25) is 0 Å². The fourth-order valence-electron chi connectivity index (χ4n) is 1.69. The zero-order valence-electron chi connectivity index (χ0n) is 8.65. The molecule has 1 unspecified atom stereocenters. The molecule has 2 heteroatoms. The number of ether oxygens (including phenoxy) is 1. The van der Waals surface area contributed by atoms with E-state index < -0.39 is 0 Å². The molecule has 0 fully saturated rings. The van der Waals surface area contributed by atoms with E-state index in [2.05, 4.69) is 36.3 Å². The van der Waals surface area contributed by atoms with Crippen molar-refractivity contribution in [3.63, 3.8) is 0 Å². The van der Waals surface area contributed by atoms with E-state index in [4.69, 9.17) is 4.74 Å². The van der Waals surface area contributed by atoms with E-state index in [0.717, 1.165) is 19.4 Å². The lowest BCUT2D eigenvalue weighted by Gasteiger charge is -2.20. The lowest BCUT2D eigenvalue weighted by atomic mass is 10.1. The van der Waals surface area contributed by atoms with E-state index in [9.17, 15) is 0 Å². The van der Waals surface area contributed by atoms with Crippen LogP contribution in [0.25, 0.3) is 0 Å². The first-order chi connectivity index (χ1) is 6.84. The highest BCUT2D eigenvalue weighted by Gasteiger charge is 2.08. The maximum atomic E-state index is 5.36. The summed E-state index contributed by atoms with van der Waals surface area (Å²) in [7, 11) is 2.15. The van der Waals surface area contributed by atoms with E-state index in [1.165, 1.54) is 12.1 Å². The number of hydrogen-bond acceptors (Lipinski definition) is 2. The monoisotopic (exact) mass is 191 g/mol. The fourth-order valence-corrected chi connectivity index (χ4v) is 1.69. The second kappa shape index (κ2) is 4.47. The zero-order valence-corrected chi connectivity index (χ0v) is 8.65. The van der Waals surface area contributed by atoms with E-state index >= 15 is 0 Å². The Bertz CT molecular complexity index is 270. The minimum Gasteiger partial charge on any atom is -0.494 e. The molecular weight excluding hydrogens is 174 g/mol. The van der Waals surface area contributed by atoms with E-state index in [1.807, 2.05) is 0 Å². The Morgan fingerprint density at radius 3 is 3.14 bits per heavy atom. The van der Waals surface area contributed by atoms with E-state index in [1.54, 1.807) is 6.26 Å². The van der Waals surface area contributed by atoms with Crippen LogP contribution in [0.1, 0.15) is 12.8 Å². The highest BCUT2D eigenvalue weighted by atomic mass is 16.5. The van der Waals surface area contributed by atoms with Crippen LogP contribution in [-0.2, 0) is 4.74 Å². The summed E-state index contributed by atoms with van der Waals surface area (Å²) in [6.07, 6.45) is 13.0. The second-order valence-corrected chi connectivity index (χ2v) is 3.93. The van der Waals surface area contributed by atoms with Gasteiger partial charge in [-0.25, -0.2) is 0 Å². The molecular formula is C12H17NO. The van der Waals surface area contributed by atoms with Crippen LogP contribution in [0, 0.1) is 0 Å². The van der Waals surface area contributed by atoms with E-state index in [0.29, 0.717) is 0 Å². The molecule has 0 aromatic carbocycles. The number of allylic oxidation sites excluding steroid dienone is 1. The predicted molar refractivity (Wildman–Crippen MR) is 58.0 cm³/mol. The summed E-state index contributed by atoms with van der Waals surface area (Å²) in [6, 6.07) is 0. The summed E-state index contributed by atoms with van der Waals surface area (Å²) in [6.45, 7) is 2.24. The Morgan fingerprint density at radius 1 is 1.57 bits per heavy atom. The SMILES string of the molecule is CN1CC=C(/C=C/C2CC=CO2)CC1. The van der Waals surface area contributed by atoms with Gasteiger partial charge in [-0.05, 0) is 31.2 Å². The van der Waals surface area contributed by atoms with Crippen molar-refractivity contribution in [2.24, 2.45) is 0 Å². The van der Waals surface area contributed by atoms with Crippen molar-refractivity contribution in [1.82, 2.24) is 4.90 Å². The summed E-state index contributed by atoms with van der Waals surface area (Å²) in [5.74, 6) is 0. The van der Waals surface area contributed by atoms with Crippen LogP contribution in [-0.4, -0.2) is 31.1 Å². The highest BCUT2D eigenvalue weighted by molar-refractivity contribution is 5.22. The summed E-state index contributed by atoms with van der Waals surface area (Å²) in [5.41, 5.74) is 1.44. The van der Waals surface area contributed by atoms with Gasteiger partial charge in [0, 0.05) is 19.5 Å². The molecule has 2 nitrogen and oxygen atoms in total. The predicted octanol–water partition coefficient (Wildman–Crippen LogP) is 2.11. The van der Waals surface area contributed by atoms with Crippen molar-refractivity contribution in [1.29, 1.82) is 0 Å². The molecule has 0 amide bonds. The molecule has 2 rings (SSSR count). The smallest absolute Gasteiger partial charge is 0.120 e. The first-order valence-corrected chi connectivity index (χ1v) is 5.21. The van der Waals surface area contributed by atoms with Crippen molar-refractivity contribution in [2.45, 2.75) is 18.9 Å². The highest BCUT2D eigenvalue weighted by Crippen LogP contribution is 2.14. The Labute approximate surface area is 85.5 Å². The molecule has 0 aromatic rings. The Balaban J connectivity index is 1.84. The van der Waals surface area contributed by atoms with Gasteiger partial charge in [0.1, 0.15) is 6.10 Å². The normalized spacial score (nSPS) is 28.1. The quantitative estimate of drug-likeness (QED) is 0.663. The lowest BCUT2D eigenvalue weighted by molar-refractivity contribution is 0.214. The van der Waals surface area contributed by atoms with Crippen LogP contribution in [0.5, 0.6) is 0 Å². The third-order valence-corrected chi connectivity index (χ3v) is 2.69. The zero-order chi connectivity index (χ0) is 9.80. The van der Waals surface area contributed by atoms with Gasteiger partial charge in [0.15, 0.2) is 0 Å². The van der Waals surface area contributed by atoms with Crippen molar-refractivity contribution in [3.8, 4) is 0 Å². The molecule has 1 atom stereocenters. The van der Waals surface area contributed by atoms with Crippen LogP contribution in [0.15, 0.2) is 36.1 Å². The first kappa shape index (κ1) is 9.53. The van der Waals surface area contributed by atoms with Gasteiger partial charge in [0.05, 0.1) is 6.26 Å². The van der Waals surface area contributed by atoms with Gasteiger partial charge < -0.3 is 9.64 Å². The number of nitrogens with zero attached hydrogens (tertiary/aromatic N) is 1. The second-order valence-electron chi connectivity index (χ2n) is 3.93. The topological polar surface area (TPSA) is 12.5 Å². The third-order valence-electron chi connectivity index (χ3n) is 2.69. The van der Waals surface area contributed by atoms with Gasteiger partial charge in [-0.2, -0.15) is 0 Å². The molecule has 0 radical (unpaired) electrons. The molecule has 0 saturated carbocycles. The molecule has 0 aromatic heterocycles. The van der Waals surface area contributed by atoms with Gasteiger partial charge in [-0.15, -0.1) is 0 Å². The van der Waals surface area contributed by atoms with Crippen molar-refractivity contribution in [3.05, 3.63) is 36.1 Å². The van der Waals surface area contributed by atoms with Gasteiger partial charge in [-0.3, -0.25) is 0 Å². The minimum absolute atomic E-state index is 0.274. The lowest BCUT2D eigenvalue weighted by Crippen LogP contribution is -2.23. The fraction of sp³-hybridized carbons (Fsp3) is 0.500. The molecule has 0 N–H and O–H groups in total. The summed E-state index contributed by atoms with van der Waals surface area (Å²) >= 11 is 0. The van der Waals surface area contributed by atoms with Gasteiger partial charge in [0.25, 0.3) is 0 Å². The minimum atomic E-state index is 0.274. The van der Waals surface area contributed by atoms with Crippen LogP contribution < -0.4 is 0 Å². The summed E-state index contributed by atoms with van der Waals surface area (Å²) in [4.78, 5) is 2.32. The maximum absolute atomic E-state index is 5.36. The molecule has 0 spiro atoms. The molecule has 0 bridgehead atoms. The number of hydrogen-bond donors (Lipinski definition) is 0. The maximum Gasteiger partial charge on any atom is 0.120 e. The van der Waals surface area contributed by atoms with Crippen molar-refractivity contribution in [2.75, 3.05) is 20.1 Å². The average molecular weight is 191 g/mol. The van der Waals surface area contributed by atoms with Gasteiger partial charge in [0.2, 0.25) is 0 Å².